The van der Waals surface area contributed by atoms with E-state index in [1.54, 1.807) is 0 Å². The van der Waals surface area contributed by atoms with Crippen LogP contribution >= 0.6 is 0 Å². The zero-order chi connectivity index (χ0) is 28.4. The standard InChI is InChI=1S/C18H10F11N9/c1-36-13(9(16(21,22)23)11(34-36)15(19,20)18(27,28)29)37-6-7(5-33-37)8-10(17(24,25)26)35-38(12(8)30)14-31-3-2-4-32-14/h2-6H,30H2,1H3. The van der Waals surface area contributed by atoms with Crippen molar-refractivity contribution in [2.75, 3.05) is 5.73 Å². The van der Waals surface area contributed by atoms with Crippen LogP contribution in [0.4, 0.5) is 54.1 Å². The molecule has 0 spiro atoms. The minimum atomic E-state index is -6.45. The molecule has 0 aliphatic rings. The Balaban J connectivity index is 1.94. The average molecular weight is 561 g/mol. The van der Waals surface area contributed by atoms with Gasteiger partial charge in [-0.2, -0.15) is 68.3 Å². The van der Waals surface area contributed by atoms with Crippen LogP contribution in [0.1, 0.15) is 17.0 Å². The smallest absolute Gasteiger partial charge is 0.383 e. The molecule has 4 heterocycles. The summed E-state index contributed by atoms with van der Waals surface area (Å²) in [6, 6.07) is 1.33. The Morgan fingerprint density at radius 3 is 1.95 bits per heavy atom. The lowest BCUT2D eigenvalue weighted by molar-refractivity contribution is -0.292. The number of hydrogen-bond acceptors (Lipinski definition) is 6. The van der Waals surface area contributed by atoms with Gasteiger partial charge in [-0.15, -0.1) is 0 Å². The van der Waals surface area contributed by atoms with Crippen molar-refractivity contribution in [2.24, 2.45) is 7.05 Å². The second kappa shape index (κ2) is 8.38. The molecule has 0 fully saturated rings. The lowest BCUT2D eigenvalue weighted by Crippen LogP contribution is -2.36. The van der Waals surface area contributed by atoms with Gasteiger partial charge in [0.2, 0.25) is 0 Å². The predicted molar refractivity (Wildman–Crippen MR) is 103 cm³/mol. The molecule has 4 rings (SSSR count). The Kier molecular flexibility index (Phi) is 5.91. The predicted octanol–water partition coefficient (Wildman–Crippen LogP) is 4.52. The molecule has 20 heteroatoms. The number of aromatic nitrogens is 8. The van der Waals surface area contributed by atoms with Crippen LogP contribution in [0, 0.1) is 0 Å². The summed E-state index contributed by atoms with van der Waals surface area (Å²) in [5, 5.41) is 9.49. The fraction of sp³-hybridized carbons (Fsp3) is 0.278. The SMILES string of the molecule is Cn1nc(C(F)(F)C(F)(F)F)c(C(F)(F)F)c1-n1cc(-c2c(C(F)(F)F)nn(-c3ncccn3)c2N)cn1. The maximum Gasteiger partial charge on any atom is 0.459 e. The molecular weight excluding hydrogens is 551 g/mol. The highest BCUT2D eigenvalue weighted by molar-refractivity contribution is 5.77. The summed E-state index contributed by atoms with van der Waals surface area (Å²) in [6.45, 7) is 0. The Hall–Kier alpha value is -4.26. The first kappa shape index (κ1) is 26.8. The van der Waals surface area contributed by atoms with Gasteiger partial charge in [-0.25, -0.2) is 19.3 Å². The Morgan fingerprint density at radius 2 is 1.42 bits per heavy atom. The van der Waals surface area contributed by atoms with Gasteiger partial charge < -0.3 is 5.73 Å². The highest BCUT2D eigenvalue weighted by atomic mass is 19.4. The summed E-state index contributed by atoms with van der Waals surface area (Å²) in [4.78, 5) is 7.42. The largest absolute Gasteiger partial charge is 0.459 e. The highest BCUT2D eigenvalue weighted by Gasteiger charge is 2.64. The van der Waals surface area contributed by atoms with Gasteiger partial charge in [-0.1, -0.05) is 0 Å². The fourth-order valence-electron chi connectivity index (χ4n) is 3.43. The maximum absolute atomic E-state index is 13.9. The van der Waals surface area contributed by atoms with Crippen LogP contribution < -0.4 is 5.73 Å². The molecule has 4 aromatic heterocycles. The topological polar surface area (TPSA) is 105 Å². The van der Waals surface area contributed by atoms with Gasteiger partial charge in [0.1, 0.15) is 11.4 Å². The van der Waals surface area contributed by atoms with Gasteiger partial charge in [0.15, 0.2) is 17.2 Å². The maximum atomic E-state index is 13.9. The van der Waals surface area contributed by atoms with Crippen molar-refractivity contribution >= 4 is 5.82 Å². The van der Waals surface area contributed by atoms with Gasteiger partial charge in [-0.3, -0.25) is 0 Å². The number of nitrogens with two attached hydrogens (primary N) is 1. The molecule has 2 N–H and O–H groups in total. The Morgan fingerprint density at radius 1 is 0.816 bits per heavy atom. The Bertz CT molecular complexity index is 1470. The van der Waals surface area contributed by atoms with E-state index in [0.29, 0.717) is 24.1 Å². The van der Waals surface area contributed by atoms with Crippen LogP contribution in [0.5, 0.6) is 0 Å². The number of aryl methyl sites for hydroxylation is 1. The minimum absolute atomic E-state index is 0.0316. The van der Waals surface area contributed by atoms with E-state index < -0.39 is 70.1 Å². The van der Waals surface area contributed by atoms with Crippen LogP contribution in [-0.2, 0) is 25.3 Å². The number of hydrogen-bond donors (Lipinski definition) is 1. The summed E-state index contributed by atoms with van der Waals surface area (Å²) in [7, 11) is 0.613. The van der Waals surface area contributed by atoms with Crippen molar-refractivity contribution in [2.45, 2.75) is 24.5 Å². The molecule has 4 aromatic rings. The van der Waals surface area contributed by atoms with Gasteiger partial charge in [0, 0.05) is 31.2 Å². The van der Waals surface area contributed by atoms with Crippen LogP contribution in [-0.4, -0.2) is 45.5 Å². The molecule has 0 saturated heterocycles. The van der Waals surface area contributed by atoms with Crippen molar-refractivity contribution < 1.29 is 48.3 Å². The normalized spacial score (nSPS) is 13.4. The number of anilines is 1. The molecule has 0 bridgehead atoms. The third-order valence-corrected chi connectivity index (χ3v) is 4.97. The van der Waals surface area contributed by atoms with E-state index in [-0.39, 0.29) is 9.36 Å². The molecule has 9 nitrogen and oxygen atoms in total. The first-order valence-corrected chi connectivity index (χ1v) is 9.73. The van der Waals surface area contributed by atoms with E-state index in [9.17, 15) is 48.3 Å². The van der Waals surface area contributed by atoms with Crippen LogP contribution in [0.25, 0.3) is 22.9 Å². The molecule has 204 valence electrons. The fourth-order valence-corrected chi connectivity index (χ4v) is 3.43. The minimum Gasteiger partial charge on any atom is -0.383 e. The first-order valence-electron chi connectivity index (χ1n) is 9.73. The first-order chi connectivity index (χ1) is 17.4. The summed E-state index contributed by atoms with van der Waals surface area (Å²) in [5.74, 6) is -8.60. The molecule has 38 heavy (non-hydrogen) atoms. The third-order valence-electron chi connectivity index (χ3n) is 4.97. The van der Waals surface area contributed by atoms with Crippen molar-refractivity contribution in [1.82, 2.24) is 39.3 Å². The van der Waals surface area contributed by atoms with E-state index in [1.807, 2.05) is 0 Å². The van der Waals surface area contributed by atoms with Gasteiger partial charge in [0.25, 0.3) is 5.95 Å². The molecule has 0 aliphatic carbocycles. The third kappa shape index (κ3) is 4.28. The second-order valence-corrected chi connectivity index (χ2v) is 7.48. The Labute approximate surface area is 202 Å². The van der Waals surface area contributed by atoms with Gasteiger partial charge >= 0.3 is 24.5 Å². The molecule has 0 saturated carbocycles. The van der Waals surface area contributed by atoms with Gasteiger partial charge in [0.05, 0.1) is 11.8 Å². The average Bonchev–Trinajstić information content (AvgIpc) is 3.47. The van der Waals surface area contributed by atoms with E-state index in [1.165, 1.54) is 6.07 Å². The second-order valence-electron chi connectivity index (χ2n) is 7.48. The molecule has 0 aromatic carbocycles. The number of halogens is 11. The molecule has 0 radical (unpaired) electrons. The summed E-state index contributed by atoms with van der Waals surface area (Å²) < 4.78 is 150. The van der Waals surface area contributed by atoms with Gasteiger partial charge in [-0.05, 0) is 6.07 Å². The van der Waals surface area contributed by atoms with Crippen LogP contribution in [0.15, 0.2) is 30.9 Å². The monoisotopic (exact) mass is 561 g/mol. The summed E-state index contributed by atoms with van der Waals surface area (Å²) >= 11 is 0. The van der Waals surface area contributed by atoms with Crippen LogP contribution in [0.3, 0.4) is 0 Å². The van der Waals surface area contributed by atoms with E-state index >= 15 is 0 Å². The van der Waals surface area contributed by atoms with E-state index in [4.69, 9.17) is 5.73 Å². The summed E-state index contributed by atoms with van der Waals surface area (Å²) in [6.07, 6.45) is -14.0. The van der Waals surface area contributed by atoms with Crippen molar-refractivity contribution in [3.8, 4) is 22.9 Å². The number of nitrogen functional groups attached to an aromatic ring is 1. The number of alkyl halides is 11. The van der Waals surface area contributed by atoms with Crippen molar-refractivity contribution in [3.05, 3.63) is 47.8 Å². The quantitative estimate of drug-likeness (QED) is 0.368. The zero-order valence-corrected chi connectivity index (χ0v) is 18.2. The van der Waals surface area contributed by atoms with E-state index in [0.717, 1.165) is 12.4 Å². The van der Waals surface area contributed by atoms with E-state index in [2.05, 4.69) is 25.3 Å². The molecule has 0 unspecified atom stereocenters. The highest BCUT2D eigenvalue weighted by Crippen LogP contribution is 2.49. The lowest BCUT2D eigenvalue weighted by Gasteiger charge is -2.19. The molecule has 0 amide bonds. The zero-order valence-electron chi connectivity index (χ0n) is 18.2. The molecule has 0 atom stereocenters. The summed E-state index contributed by atoms with van der Waals surface area (Å²) in [5.41, 5.74) is -2.51. The van der Waals surface area contributed by atoms with Crippen molar-refractivity contribution in [3.63, 3.8) is 0 Å². The number of nitrogens with zero attached hydrogens (tertiary/aromatic N) is 8. The number of rotatable bonds is 4. The van der Waals surface area contributed by atoms with Crippen molar-refractivity contribution in [1.29, 1.82) is 0 Å². The molecular formula is C18H10F11N9. The van der Waals surface area contributed by atoms with Crippen LogP contribution in [0.2, 0.25) is 0 Å². The lowest BCUT2D eigenvalue weighted by atomic mass is 10.1. The molecule has 0 aliphatic heterocycles.